The van der Waals surface area contributed by atoms with E-state index in [1.165, 1.54) is 32.1 Å². The molecule has 4 N–H and O–H groups in total. The average molecular weight is 337 g/mol. The first-order valence-corrected chi connectivity index (χ1v) is 8.27. The van der Waals surface area contributed by atoms with Gasteiger partial charge in [-0.15, -0.1) is 0 Å². The van der Waals surface area contributed by atoms with Gasteiger partial charge in [0.1, 0.15) is 19.0 Å². The normalized spacial score (nSPS) is 14.8. The molecule has 0 spiro atoms. The van der Waals surface area contributed by atoms with E-state index in [4.69, 9.17) is 22.7 Å². The van der Waals surface area contributed by atoms with Gasteiger partial charge in [0.25, 0.3) is 0 Å². The molecule has 6 nitrogen and oxygen atoms in total. The summed E-state index contributed by atoms with van der Waals surface area (Å²) in [5, 5.41) is 7.16. The molecule has 0 aliphatic heterocycles. The summed E-state index contributed by atoms with van der Waals surface area (Å²) in [7, 11) is 0. The van der Waals surface area contributed by atoms with Crippen molar-refractivity contribution in [3.63, 3.8) is 0 Å². The number of hydrogen-bond donors (Lipinski definition) is 3. The largest absolute Gasteiger partial charge is 0.490 e. The zero-order chi connectivity index (χ0) is 16.5. The minimum atomic E-state index is -0.803. The van der Waals surface area contributed by atoms with Crippen molar-refractivity contribution in [2.45, 2.75) is 38.1 Å². The highest BCUT2D eigenvalue weighted by Gasteiger charge is 2.13. The van der Waals surface area contributed by atoms with E-state index in [0.29, 0.717) is 16.9 Å². The Bertz CT molecular complexity index is 533. The van der Waals surface area contributed by atoms with Gasteiger partial charge in [-0.2, -0.15) is 0 Å². The predicted molar refractivity (Wildman–Crippen MR) is 93.7 cm³/mol. The topological polar surface area (TPSA) is 85.6 Å². The molecule has 1 aliphatic carbocycles. The molecule has 1 saturated carbocycles. The first kappa shape index (κ1) is 17.3. The summed E-state index contributed by atoms with van der Waals surface area (Å²) in [6.07, 6.45) is 5.38. The fourth-order valence-corrected chi connectivity index (χ4v) is 2.85. The Balaban J connectivity index is 1.77. The number of nitrogens with one attached hydrogen (secondary N) is 2. The van der Waals surface area contributed by atoms with Gasteiger partial charge < -0.3 is 25.8 Å². The van der Waals surface area contributed by atoms with Crippen molar-refractivity contribution >= 4 is 29.1 Å². The van der Waals surface area contributed by atoms with Crippen LogP contribution in [0.25, 0.3) is 0 Å². The molecule has 2 rings (SSSR count). The van der Waals surface area contributed by atoms with Crippen LogP contribution in [0.5, 0.6) is 5.75 Å². The maximum absolute atomic E-state index is 10.5. The van der Waals surface area contributed by atoms with Crippen LogP contribution in [-0.2, 0) is 4.74 Å². The summed E-state index contributed by atoms with van der Waals surface area (Å²) in [6, 6.07) is 7.93. The molecule has 0 atom stereocenters. The van der Waals surface area contributed by atoms with Crippen molar-refractivity contribution < 1.29 is 14.3 Å². The number of primary amides is 1. The molecule has 0 saturated heterocycles. The van der Waals surface area contributed by atoms with Gasteiger partial charge in [-0.3, -0.25) is 0 Å². The monoisotopic (exact) mass is 337 g/mol. The molecule has 126 valence electrons. The summed E-state index contributed by atoms with van der Waals surface area (Å²) >= 11 is 5.36. The Labute approximate surface area is 141 Å². The lowest BCUT2D eigenvalue weighted by atomic mass is 9.96. The molecule has 1 aromatic rings. The summed E-state index contributed by atoms with van der Waals surface area (Å²) < 4.78 is 10.1. The number of benzene rings is 1. The van der Waals surface area contributed by atoms with Crippen LogP contribution in [0, 0.1) is 0 Å². The average Bonchev–Trinajstić information content (AvgIpc) is 2.52. The van der Waals surface area contributed by atoms with Gasteiger partial charge in [-0.25, -0.2) is 4.79 Å². The highest BCUT2D eigenvalue weighted by Crippen LogP contribution is 2.19. The van der Waals surface area contributed by atoms with Crippen molar-refractivity contribution in [1.29, 1.82) is 0 Å². The minimum absolute atomic E-state index is 0.120. The molecular formula is C16H23N3O3S. The van der Waals surface area contributed by atoms with Crippen LogP contribution in [0.15, 0.2) is 24.3 Å². The molecular weight excluding hydrogens is 314 g/mol. The van der Waals surface area contributed by atoms with E-state index in [0.717, 1.165) is 5.69 Å². The van der Waals surface area contributed by atoms with Crippen LogP contribution in [-0.4, -0.2) is 30.5 Å². The van der Waals surface area contributed by atoms with E-state index in [-0.39, 0.29) is 13.2 Å². The van der Waals surface area contributed by atoms with Crippen molar-refractivity contribution in [3.05, 3.63) is 24.3 Å². The smallest absolute Gasteiger partial charge is 0.404 e. The Hall–Kier alpha value is -2.02. The quantitative estimate of drug-likeness (QED) is 0.547. The number of carbonyl (C=O) groups excluding carboxylic acids is 1. The van der Waals surface area contributed by atoms with Crippen molar-refractivity contribution in [2.24, 2.45) is 5.73 Å². The maximum atomic E-state index is 10.5. The lowest BCUT2D eigenvalue weighted by Gasteiger charge is -2.24. The second kappa shape index (κ2) is 9.19. The summed E-state index contributed by atoms with van der Waals surface area (Å²) in [4.78, 5) is 10.5. The third-order valence-electron chi connectivity index (χ3n) is 3.63. The number of nitrogens with two attached hydrogens (primary N) is 1. The van der Waals surface area contributed by atoms with Crippen molar-refractivity contribution in [2.75, 3.05) is 18.5 Å². The molecule has 7 heteroatoms. The molecule has 1 fully saturated rings. The van der Waals surface area contributed by atoms with Gasteiger partial charge in [0.15, 0.2) is 5.11 Å². The number of rotatable bonds is 6. The molecule has 23 heavy (non-hydrogen) atoms. The molecule has 0 aromatic heterocycles. The Morgan fingerprint density at radius 1 is 1.26 bits per heavy atom. The van der Waals surface area contributed by atoms with Gasteiger partial charge in [-0.05, 0) is 37.2 Å². The van der Waals surface area contributed by atoms with Crippen LogP contribution in [0.2, 0.25) is 0 Å². The first-order chi connectivity index (χ1) is 11.1. The molecule has 0 radical (unpaired) electrons. The molecule has 0 bridgehead atoms. The van der Waals surface area contributed by atoms with Crippen molar-refractivity contribution in [3.8, 4) is 5.75 Å². The second-order valence-electron chi connectivity index (χ2n) is 5.48. The second-order valence-corrected chi connectivity index (χ2v) is 5.89. The van der Waals surface area contributed by atoms with Crippen LogP contribution < -0.4 is 21.1 Å². The number of ether oxygens (including phenoxy) is 2. The first-order valence-electron chi connectivity index (χ1n) is 7.86. The standard InChI is InChI=1S/C16H23N3O3S/c17-15(20)22-10-9-21-14-8-4-7-13(11-14)19-16(23)18-12-5-2-1-3-6-12/h4,7-8,11-12H,1-3,5-6,9-10H2,(H2,17,20)(H2,18,19,23). The number of amides is 1. The van der Waals surface area contributed by atoms with Crippen LogP contribution in [0.3, 0.4) is 0 Å². The van der Waals surface area contributed by atoms with E-state index in [1.54, 1.807) is 0 Å². The SMILES string of the molecule is NC(=O)OCCOc1cccc(NC(=S)NC2CCCCC2)c1. The van der Waals surface area contributed by atoms with Gasteiger partial charge >= 0.3 is 6.09 Å². The molecule has 1 aliphatic rings. The number of thiocarbonyl (C=S) groups is 1. The van der Waals surface area contributed by atoms with Crippen molar-refractivity contribution in [1.82, 2.24) is 5.32 Å². The van der Waals surface area contributed by atoms with Gasteiger partial charge in [0.2, 0.25) is 0 Å². The van der Waals surface area contributed by atoms with Gasteiger partial charge in [-0.1, -0.05) is 25.3 Å². The van der Waals surface area contributed by atoms with Gasteiger partial charge in [0, 0.05) is 17.8 Å². The van der Waals surface area contributed by atoms with E-state index in [2.05, 4.69) is 15.4 Å². The molecule has 1 aromatic carbocycles. The van der Waals surface area contributed by atoms with E-state index < -0.39 is 6.09 Å². The zero-order valence-electron chi connectivity index (χ0n) is 13.0. The summed E-state index contributed by atoms with van der Waals surface area (Å²) in [6.45, 7) is 0.367. The fraction of sp³-hybridized carbons (Fsp3) is 0.500. The van der Waals surface area contributed by atoms with E-state index >= 15 is 0 Å². The summed E-state index contributed by atoms with van der Waals surface area (Å²) in [5.74, 6) is 0.670. The molecule has 0 heterocycles. The highest BCUT2D eigenvalue weighted by molar-refractivity contribution is 7.80. The van der Waals surface area contributed by atoms with Crippen LogP contribution in [0.4, 0.5) is 10.5 Å². The number of hydrogen-bond acceptors (Lipinski definition) is 4. The summed E-state index contributed by atoms with van der Waals surface area (Å²) in [5.41, 5.74) is 5.73. The Morgan fingerprint density at radius 2 is 2.04 bits per heavy atom. The highest BCUT2D eigenvalue weighted by atomic mass is 32.1. The minimum Gasteiger partial charge on any atom is -0.490 e. The molecule has 1 amide bonds. The predicted octanol–water partition coefficient (Wildman–Crippen LogP) is 2.78. The van der Waals surface area contributed by atoms with Crippen LogP contribution >= 0.6 is 12.2 Å². The third-order valence-corrected chi connectivity index (χ3v) is 3.85. The number of anilines is 1. The Kier molecular flexibility index (Phi) is 6.93. The maximum Gasteiger partial charge on any atom is 0.404 e. The lowest BCUT2D eigenvalue weighted by Crippen LogP contribution is -2.38. The van der Waals surface area contributed by atoms with Crippen LogP contribution in [0.1, 0.15) is 32.1 Å². The molecule has 0 unspecified atom stereocenters. The third kappa shape index (κ3) is 6.73. The van der Waals surface area contributed by atoms with E-state index in [1.807, 2.05) is 24.3 Å². The van der Waals surface area contributed by atoms with E-state index in [9.17, 15) is 4.79 Å². The number of carbonyl (C=O) groups is 1. The Morgan fingerprint density at radius 3 is 2.78 bits per heavy atom. The zero-order valence-corrected chi connectivity index (χ0v) is 13.9. The lowest BCUT2D eigenvalue weighted by molar-refractivity contribution is 0.134. The van der Waals surface area contributed by atoms with Gasteiger partial charge in [0.05, 0.1) is 0 Å². The fourth-order valence-electron chi connectivity index (χ4n) is 2.56.